The van der Waals surface area contributed by atoms with E-state index in [4.69, 9.17) is 5.73 Å². The van der Waals surface area contributed by atoms with Crippen LogP contribution in [0.4, 0.5) is 0 Å². The van der Waals surface area contributed by atoms with Crippen LogP contribution in [0, 0.1) is 12.8 Å². The lowest BCUT2D eigenvalue weighted by Crippen LogP contribution is -2.41. The Morgan fingerprint density at radius 2 is 1.76 bits per heavy atom. The fourth-order valence-corrected chi connectivity index (χ4v) is 3.50. The van der Waals surface area contributed by atoms with Crippen molar-refractivity contribution in [2.75, 3.05) is 0 Å². The fourth-order valence-electron chi connectivity index (χ4n) is 2.60. The second-order valence-corrected chi connectivity index (χ2v) is 7.14. The molecule has 0 saturated heterocycles. The minimum Gasteiger partial charge on any atom is -0.341 e. The molecule has 1 aromatic rings. The van der Waals surface area contributed by atoms with Gasteiger partial charge in [-0.05, 0) is 37.8 Å². The van der Waals surface area contributed by atoms with Crippen molar-refractivity contribution in [1.29, 1.82) is 0 Å². The summed E-state index contributed by atoms with van der Waals surface area (Å²) < 4.78 is 28.8. The van der Waals surface area contributed by atoms with Crippen molar-refractivity contribution in [3.05, 3.63) is 29.8 Å². The Balaban J connectivity index is 2.05. The van der Waals surface area contributed by atoms with E-state index in [-0.39, 0.29) is 10.8 Å². The van der Waals surface area contributed by atoms with Gasteiger partial charge in [0, 0.05) is 0 Å². The molecule has 21 heavy (non-hydrogen) atoms. The summed E-state index contributed by atoms with van der Waals surface area (Å²) >= 11 is 0. The van der Waals surface area contributed by atoms with Crippen LogP contribution in [0.5, 0.6) is 0 Å². The molecule has 0 unspecified atom stereocenters. The molecular weight excluding hydrogens is 290 g/mol. The summed E-state index contributed by atoms with van der Waals surface area (Å²) in [7, 11) is -4.09. The second-order valence-electron chi connectivity index (χ2n) is 5.59. The maximum Gasteiger partial charge on any atom is 0.341 e. The molecule has 1 aromatic carbocycles. The number of benzene rings is 1. The second kappa shape index (κ2) is 6.58. The molecular formula is C15H21NO4S. The smallest absolute Gasteiger partial charge is 0.341 e. The van der Waals surface area contributed by atoms with Gasteiger partial charge < -0.3 is 9.92 Å². The quantitative estimate of drug-likeness (QED) is 0.861. The SMILES string of the molecule is Cc1ccc(S(=O)(=O)OC(=O)[C@H](N)C2CCCCC2)cc1. The van der Waals surface area contributed by atoms with Gasteiger partial charge >= 0.3 is 16.1 Å². The maximum atomic E-state index is 12.0. The summed E-state index contributed by atoms with van der Waals surface area (Å²) in [4.78, 5) is 11.9. The van der Waals surface area contributed by atoms with Crippen molar-refractivity contribution in [2.45, 2.75) is 50.0 Å². The molecule has 0 aromatic heterocycles. The van der Waals surface area contributed by atoms with Gasteiger partial charge in [0.1, 0.15) is 10.9 Å². The highest BCUT2D eigenvalue weighted by Crippen LogP contribution is 2.26. The minimum absolute atomic E-state index is 0.0134. The largest absolute Gasteiger partial charge is 0.341 e. The third kappa shape index (κ3) is 4.04. The molecule has 0 heterocycles. The summed E-state index contributed by atoms with van der Waals surface area (Å²) in [5.41, 5.74) is 6.79. The van der Waals surface area contributed by atoms with Crippen molar-refractivity contribution in [3.63, 3.8) is 0 Å². The third-order valence-electron chi connectivity index (χ3n) is 3.93. The predicted octanol–water partition coefficient (Wildman–Crippen LogP) is 2.13. The van der Waals surface area contributed by atoms with E-state index in [1.165, 1.54) is 12.1 Å². The van der Waals surface area contributed by atoms with Gasteiger partial charge in [0.25, 0.3) is 0 Å². The lowest BCUT2D eigenvalue weighted by molar-refractivity contribution is -0.136. The van der Waals surface area contributed by atoms with Crippen LogP contribution < -0.4 is 5.73 Å². The first-order valence-corrected chi connectivity index (χ1v) is 8.61. The Morgan fingerprint density at radius 1 is 1.19 bits per heavy atom. The lowest BCUT2D eigenvalue weighted by Gasteiger charge is -2.25. The normalized spacial score (nSPS) is 18.2. The first-order valence-electron chi connectivity index (χ1n) is 7.21. The fraction of sp³-hybridized carbons (Fsp3) is 0.533. The summed E-state index contributed by atoms with van der Waals surface area (Å²) in [6.07, 6.45) is 4.88. The van der Waals surface area contributed by atoms with Gasteiger partial charge in [-0.25, -0.2) is 4.79 Å². The maximum absolute atomic E-state index is 12.0. The molecule has 0 amide bonds. The number of rotatable bonds is 4. The first kappa shape index (κ1) is 16.0. The van der Waals surface area contributed by atoms with Crippen LogP contribution in [-0.2, 0) is 19.1 Å². The van der Waals surface area contributed by atoms with E-state index >= 15 is 0 Å². The Kier molecular flexibility index (Phi) is 5.00. The monoisotopic (exact) mass is 311 g/mol. The number of hydrogen-bond acceptors (Lipinski definition) is 5. The van der Waals surface area contributed by atoms with Crippen molar-refractivity contribution in [2.24, 2.45) is 11.7 Å². The van der Waals surface area contributed by atoms with E-state index in [0.29, 0.717) is 0 Å². The van der Waals surface area contributed by atoms with Gasteiger partial charge in [-0.15, -0.1) is 0 Å². The Morgan fingerprint density at radius 3 is 2.33 bits per heavy atom. The van der Waals surface area contributed by atoms with Crippen molar-refractivity contribution >= 4 is 16.1 Å². The van der Waals surface area contributed by atoms with E-state index in [9.17, 15) is 13.2 Å². The Hall–Kier alpha value is -1.40. The first-order chi connectivity index (χ1) is 9.90. The van der Waals surface area contributed by atoms with Gasteiger partial charge in [0.05, 0.1) is 0 Å². The third-order valence-corrected chi connectivity index (χ3v) is 5.16. The summed E-state index contributed by atoms with van der Waals surface area (Å²) in [5.74, 6) is -0.845. The number of hydrogen-bond donors (Lipinski definition) is 1. The molecule has 0 radical (unpaired) electrons. The summed E-state index contributed by atoms with van der Waals surface area (Å²) in [6.45, 7) is 1.85. The molecule has 5 nitrogen and oxygen atoms in total. The van der Waals surface area contributed by atoms with E-state index in [1.807, 2.05) is 6.92 Å². The van der Waals surface area contributed by atoms with Crippen LogP contribution >= 0.6 is 0 Å². The molecule has 6 heteroatoms. The van der Waals surface area contributed by atoms with Gasteiger partial charge in [-0.2, -0.15) is 8.42 Å². The van der Waals surface area contributed by atoms with Crippen LogP contribution in [0.3, 0.4) is 0 Å². The van der Waals surface area contributed by atoms with Crippen molar-refractivity contribution < 1.29 is 17.4 Å². The molecule has 116 valence electrons. The van der Waals surface area contributed by atoms with E-state index in [0.717, 1.165) is 37.7 Å². The molecule has 0 spiro atoms. The minimum atomic E-state index is -4.09. The summed E-state index contributed by atoms with van der Waals surface area (Å²) in [6, 6.07) is 5.28. The van der Waals surface area contributed by atoms with Gasteiger partial charge in [-0.1, -0.05) is 37.0 Å². The van der Waals surface area contributed by atoms with Crippen LogP contribution in [0.1, 0.15) is 37.7 Å². The molecule has 1 atom stereocenters. The zero-order chi connectivity index (χ0) is 15.5. The van der Waals surface area contributed by atoms with E-state index in [2.05, 4.69) is 4.18 Å². The molecule has 1 aliphatic rings. The highest BCUT2D eigenvalue weighted by Gasteiger charge is 2.31. The molecule has 1 saturated carbocycles. The molecule has 0 aliphatic heterocycles. The molecule has 0 bridgehead atoms. The topological polar surface area (TPSA) is 86.5 Å². The lowest BCUT2D eigenvalue weighted by atomic mass is 9.84. The van der Waals surface area contributed by atoms with E-state index < -0.39 is 22.1 Å². The standard InChI is InChI=1S/C15H21NO4S/c1-11-7-9-13(10-8-11)21(18,19)20-15(17)14(16)12-5-3-2-4-6-12/h7-10,12,14H,2-6,16H2,1H3/t14-/m1/s1. The zero-order valence-corrected chi connectivity index (χ0v) is 12.9. The van der Waals surface area contributed by atoms with Gasteiger partial charge in [0.2, 0.25) is 0 Å². The number of carbonyl (C=O) groups excluding carboxylic acids is 1. The highest BCUT2D eigenvalue weighted by atomic mass is 32.2. The molecule has 2 N–H and O–H groups in total. The molecule has 2 rings (SSSR count). The van der Waals surface area contributed by atoms with E-state index in [1.54, 1.807) is 12.1 Å². The van der Waals surface area contributed by atoms with Crippen molar-refractivity contribution in [1.82, 2.24) is 0 Å². The Bertz CT molecular complexity index is 589. The van der Waals surface area contributed by atoms with Crippen LogP contribution in [-0.4, -0.2) is 20.4 Å². The number of nitrogens with two attached hydrogens (primary N) is 1. The number of carbonyl (C=O) groups is 1. The number of aryl methyl sites for hydroxylation is 1. The van der Waals surface area contributed by atoms with Crippen LogP contribution in [0.15, 0.2) is 29.2 Å². The van der Waals surface area contributed by atoms with Gasteiger partial charge in [0.15, 0.2) is 0 Å². The molecule has 1 fully saturated rings. The average molecular weight is 311 g/mol. The molecule has 1 aliphatic carbocycles. The summed E-state index contributed by atoms with van der Waals surface area (Å²) in [5, 5.41) is 0. The predicted molar refractivity (Wildman–Crippen MR) is 79.0 cm³/mol. The Labute approximate surface area is 125 Å². The zero-order valence-electron chi connectivity index (χ0n) is 12.1. The van der Waals surface area contributed by atoms with Gasteiger partial charge in [-0.3, -0.25) is 0 Å². The highest BCUT2D eigenvalue weighted by molar-refractivity contribution is 7.87. The van der Waals surface area contributed by atoms with Crippen LogP contribution in [0.25, 0.3) is 0 Å². The average Bonchev–Trinajstić information content (AvgIpc) is 2.47. The van der Waals surface area contributed by atoms with Crippen LogP contribution in [0.2, 0.25) is 0 Å². The van der Waals surface area contributed by atoms with Crippen molar-refractivity contribution in [3.8, 4) is 0 Å².